The topological polar surface area (TPSA) is 78.4 Å². The monoisotopic (exact) mass is 135 g/mol. The highest BCUT2D eigenvalue weighted by Gasteiger charge is 1.80. The number of hydrogen-bond donors (Lipinski definition) is 0. The molecule has 8 heavy (non-hydrogen) atoms. The Labute approximate surface area is 48.8 Å². The van der Waals surface area contributed by atoms with Gasteiger partial charge in [0.05, 0.1) is 0 Å². The molecule has 0 bridgehead atoms. The lowest BCUT2D eigenvalue weighted by Crippen LogP contribution is -2.75. The lowest BCUT2D eigenvalue weighted by molar-refractivity contribution is -0.541. The molecule has 0 aromatic heterocycles. The second-order valence-corrected chi connectivity index (χ2v) is 2.64. The van der Waals surface area contributed by atoms with Gasteiger partial charge in [-0.25, -0.2) is 0 Å². The lowest BCUT2D eigenvalue weighted by Gasteiger charge is -2.53. The molecule has 0 heterocycles. The van der Waals surface area contributed by atoms with Crippen molar-refractivity contribution in [2.45, 2.75) is 13.3 Å². The smallest absolute Gasteiger partial charge is 0.0280 e. The quantitative estimate of drug-likeness (QED) is 0.385. The van der Waals surface area contributed by atoms with Gasteiger partial charge in [-0.05, 0) is 6.42 Å². The predicted octanol–water partition coefficient (Wildman–Crippen LogP) is -3.07. The molecule has 0 aromatic rings. The summed E-state index contributed by atoms with van der Waals surface area (Å²) in [7, 11) is -4.93. The minimum atomic E-state index is -4.93. The molecule has 0 amide bonds. The minimum absolute atomic E-state index is 0.00270. The highest BCUT2D eigenvalue weighted by atomic mass is 28.4. The fraction of sp³-hybridized carbons (Fsp3) is 1.00. The summed E-state index contributed by atoms with van der Waals surface area (Å²) < 4.78 is 3.85. The molecule has 0 aliphatic heterocycles. The predicted molar refractivity (Wildman–Crippen MR) is 22.0 cm³/mol. The molecule has 0 radical (unpaired) electrons. The van der Waals surface area contributed by atoms with Crippen LogP contribution in [0.2, 0.25) is 0 Å². The maximum Gasteiger partial charge on any atom is 0.0280 e. The van der Waals surface area contributed by atoms with Crippen molar-refractivity contribution in [3.8, 4) is 0 Å². The molecule has 0 N–H and O–H groups in total. The molecule has 0 rings (SSSR count). The molecular weight excluding hydrogens is 128 g/mol. The summed E-state index contributed by atoms with van der Waals surface area (Å²) in [5, 5.41) is 0. The van der Waals surface area contributed by atoms with E-state index in [9.17, 15) is 14.4 Å². The van der Waals surface area contributed by atoms with Crippen LogP contribution in [0.15, 0.2) is 0 Å². The number of hydrogen-bond acceptors (Lipinski definition) is 4. The second kappa shape index (κ2) is 3.16. The van der Waals surface area contributed by atoms with Crippen molar-refractivity contribution >= 4 is 9.05 Å². The highest BCUT2D eigenvalue weighted by molar-refractivity contribution is 6.42. The van der Waals surface area contributed by atoms with Crippen molar-refractivity contribution in [1.29, 1.82) is 0 Å². The summed E-state index contributed by atoms with van der Waals surface area (Å²) >= 11 is 0. The largest absolute Gasteiger partial charge is 0.861 e. The van der Waals surface area contributed by atoms with Crippen LogP contribution in [0.4, 0.5) is 0 Å². The van der Waals surface area contributed by atoms with E-state index in [0.29, 0.717) is 6.42 Å². The summed E-state index contributed by atoms with van der Waals surface area (Å²) in [4.78, 5) is 29.0. The van der Waals surface area contributed by atoms with Crippen molar-refractivity contribution in [3.05, 3.63) is 0 Å². The van der Waals surface area contributed by atoms with Crippen LogP contribution in [-0.4, -0.2) is 15.7 Å². The first-order valence-electron chi connectivity index (χ1n) is 2.31. The van der Waals surface area contributed by atoms with Crippen molar-refractivity contribution in [3.63, 3.8) is 0 Å². The molecule has 0 aliphatic carbocycles. The van der Waals surface area contributed by atoms with E-state index in [0.717, 1.165) is 0 Å². The summed E-state index contributed by atoms with van der Waals surface area (Å²) in [6.45, 7) is 1.73. The Morgan fingerprint density at radius 1 is 1.38 bits per heavy atom. The van der Waals surface area contributed by atoms with Crippen molar-refractivity contribution < 1.29 is 18.8 Å². The molecule has 0 aromatic carbocycles. The average molecular weight is 135 g/mol. The molecule has 0 unspecified atom stereocenters. The van der Waals surface area contributed by atoms with E-state index < -0.39 is 9.05 Å². The summed E-state index contributed by atoms with van der Waals surface area (Å²) in [6.07, 6.45) is 0.543. The molecule has 0 spiro atoms. The lowest BCUT2D eigenvalue weighted by atomic mass is 10.5. The Hall–Kier alpha value is 0.0569. The van der Waals surface area contributed by atoms with Crippen LogP contribution in [0.3, 0.4) is 0 Å². The van der Waals surface area contributed by atoms with E-state index in [2.05, 4.69) is 4.43 Å². The molecule has 5 heteroatoms. The summed E-state index contributed by atoms with van der Waals surface area (Å²) in [5.41, 5.74) is 0. The van der Waals surface area contributed by atoms with E-state index in [1.807, 2.05) is 0 Å². The van der Waals surface area contributed by atoms with E-state index in [-0.39, 0.29) is 6.61 Å². The molecule has 0 aliphatic rings. The Morgan fingerprint density at radius 2 is 1.88 bits per heavy atom. The van der Waals surface area contributed by atoms with Gasteiger partial charge in [-0.3, -0.25) is 0 Å². The normalized spacial score (nSPS) is 12.0. The SMILES string of the molecule is CCCO[Si]([O-])([O-])[O-]. The first-order chi connectivity index (χ1) is 3.56. The number of rotatable bonds is 3. The van der Waals surface area contributed by atoms with Gasteiger partial charge in [-0.15, -0.1) is 9.05 Å². The van der Waals surface area contributed by atoms with E-state index >= 15 is 0 Å². The third-order valence-corrected chi connectivity index (χ3v) is 1.04. The summed E-state index contributed by atoms with van der Waals surface area (Å²) in [5.74, 6) is 0. The third kappa shape index (κ3) is 6.06. The molecular formula is C3H7O4Si-3. The zero-order valence-electron chi connectivity index (χ0n) is 4.55. The van der Waals surface area contributed by atoms with Crippen molar-refractivity contribution in [2.75, 3.05) is 6.61 Å². The standard InChI is InChI=1S/C3H7O4Si/c1-2-3-7-8(4,5)6/h2-3H2,1H3/q-3. The first-order valence-corrected chi connectivity index (χ1v) is 3.95. The van der Waals surface area contributed by atoms with Gasteiger partial charge >= 0.3 is 0 Å². The maximum absolute atomic E-state index is 9.67. The zero-order valence-corrected chi connectivity index (χ0v) is 5.55. The van der Waals surface area contributed by atoms with Crippen molar-refractivity contribution in [2.24, 2.45) is 0 Å². The fourth-order valence-electron chi connectivity index (χ4n) is 0.227. The average Bonchev–Trinajstić information content (AvgIpc) is 1.59. The molecule has 0 saturated carbocycles. The van der Waals surface area contributed by atoms with Crippen LogP contribution in [-0.2, 0) is 4.43 Å². The minimum Gasteiger partial charge on any atom is -0.861 e. The van der Waals surface area contributed by atoms with Gasteiger partial charge in [0, 0.05) is 6.61 Å². The van der Waals surface area contributed by atoms with Crippen LogP contribution in [0, 0.1) is 0 Å². The van der Waals surface area contributed by atoms with Gasteiger partial charge in [0.2, 0.25) is 0 Å². The Balaban J connectivity index is 3.11. The van der Waals surface area contributed by atoms with Gasteiger partial charge < -0.3 is 18.8 Å². The van der Waals surface area contributed by atoms with Crippen LogP contribution >= 0.6 is 0 Å². The van der Waals surface area contributed by atoms with E-state index in [4.69, 9.17) is 0 Å². The van der Waals surface area contributed by atoms with Crippen LogP contribution in [0.25, 0.3) is 0 Å². The zero-order chi connectivity index (χ0) is 6.62. The summed E-state index contributed by atoms with van der Waals surface area (Å²) in [6, 6.07) is 0. The van der Waals surface area contributed by atoms with Gasteiger partial charge in [0.1, 0.15) is 0 Å². The van der Waals surface area contributed by atoms with E-state index in [1.54, 1.807) is 6.92 Å². The molecule has 0 fully saturated rings. The highest BCUT2D eigenvalue weighted by Crippen LogP contribution is 1.79. The Kier molecular flexibility index (Phi) is 3.18. The van der Waals surface area contributed by atoms with Crippen LogP contribution < -0.4 is 14.4 Å². The van der Waals surface area contributed by atoms with E-state index in [1.165, 1.54) is 0 Å². The van der Waals surface area contributed by atoms with Gasteiger partial charge in [0.25, 0.3) is 0 Å². The van der Waals surface area contributed by atoms with Crippen LogP contribution in [0.1, 0.15) is 13.3 Å². The van der Waals surface area contributed by atoms with Crippen molar-refractivity contribution in [1.82, 2.24) is 0 Å². The van der Waals surface area contributed by atoms with Gasteiger partial charge in [-0.1, -0.05) is 6.92 Å². The maximum atomic E-state index is 9.67. The fourth-order valence-corrected chi connectivity index (χ4v) is 0.681. The molecule has 0 saturated heterocycles. The second-order valence-electron chi connectivity index (χ2n) is 1.35. The third-order valence-electron chi connectivity index (χ3n) is 0.483. The van der Waals surface area contributed by atoms with Crippen LogP contribution in [0.5, 0.6) is 0 Å². The first kappa shape index (κ1) is 8.06. The molecule has 4 nitrogen and oxygen atoms in total. The molecule has 50 valence electrons. The Morgan fingerprint density at radius 3 is 2.00 bits per heavy atom. The van der Waals surface area contributed by atoms with Gasteiger partial charge in [-0.2, -0.15) is 0 Å². The van der Waals surface area contributed by atoms with Gasteiger partial charge in [0.15, 0.2) is 0 Å². The Bertz CT molecular complexity index is 58.8. The molecule has 0 atom stereocenters.